The number of benzene rings is 2. The van der Waals surface area contributed by atoms with E-state index in [1.807, 2.05) is 31.2 Å². The Morgan fingerprint density at radius 2 is 1.88 bits per heavy atom. The molecule has 1 N–H and O–H groups in total. The van der Waals surface area contributed by atoms with Gasteiger partial charge in [0.2, 0.25) is 17.7 Å². The molecule has 0 aliphatic heterocycles. The van der Waals surface area contributed by atoms with Gasteiger partial charge in [0.05, 0.1) is 0 Å². The number of nitrogens with one attached hydrogen (secondary N) is 1. The standard InChI is InChI=1S/C18H16FN3O2/c1-12-4-2-3-5-15(12)20-16(23)10-11-17-21-22-18(24-17)13-6-8-14(19)9-7-13/h2-9H,10-11H2,1H3,(H,20,23). The number of rotatable bonds is 5. The first-order valence-corrected chi connectivity index (χ1v) is 7.55. The fourth-order valence-electron chi connectivity index (χ4n) is 2.21. The van der Waals surface area contributed by atoms with Crippen LogP contribution in [0.25, 0.3) is 11.5 Å². The van der Waals surface area contributed by atoms with E-state index in [4.69, 9.17) is 4.42 Å². The van der Waals surface area contributed by atoms with Crippen LogP contribution in [0.5, 0.6) is 0 Å². The van der Waals surface area contributed by atoms with Gasteiger partial charge in [-0.1, -0.05) is 18.2 Å². The third kappa shape index (κ3) is 3.84. The van der Waals surface area contributed by atoms with Crippen molar-refractivity contribution in [2.45, 2.75) is 19.8 Å². The summed E-state index contributed by atoms with van der Waals surface area (Å²) in [4.78, 5) is 12.0. The molecule has 3 aromatic rings. The molecule has 1 heterocycles. The first-order chi connectivity index (χ1) is 11.6. The van der Waals surface area contributed by atoms with Crippen LogP contribution in [-0.4, -0.2) is 16.1 Å². The van der Waals surface area contributed by atoms with Crippen LogP contribution in [0, 0.1) is 12.7 Å². The maximum atomic E-state index is 12.9. The summed E-state index contributed by atoms with van der Waals surface area (Å²) < 4.78 is 18.4. The normalized spacial score (nSPS) is 10.6. The Kier molecular flexibility index (Phi) is 4.65. The van der Waals surface area contributed by atoms with E-state index in [9.17, 15) is 9.18 Å². The van der Waals surface area contributed by atoms with E-state index >= 15 is 0 Å². The number of halogens is 1. The van der Waals surface area contributed by atoms with Gasteiger partial charge in [0, 0.05) is 24.1 Å². The van der Waals surface area contributed by atoms with Crippen LogP contribution in [0.15, 0.2) is 52.9 Å². The van der Waals surface area contributed by atoms with Crippen LogP contribution in [0.3, 0.4) is 0 Å². The SMILES string of the molecule is Cc1ccccc1NC(=O)CCc1nnc(-c2ccc(F)cc2)o1. The van der Waals surface area contributed by atoms with Gasteiger partial charge in [-0.15, -0.1) is 10.2 Å². The fraction of sp³-hybridized carbons (Fsp3) is 0.167. The second-order valence-corrected chi connectivity index (χ2v) is 5.37. The van der Waals surface area contributed by atoms with Crippen LogP contribution in [-0.2, 0) is 11.2 Å². The highest BCUT2D eigenvalue weighted by Gasteiger charge is 2.11. The molecule has 0 atom stereocenters. The molecule has 0 fully saturated rings. The van der Waals surface area contributed by atoms with Gasteiger partial charge in [0.1, 0.15) is 5.82 Å². The zero-order valence-electron chi connectivity index (χ0n) is 13.1. The molecule has 2 aromatic carbocycles. The zero-order chi connectivity index (χ0) is 16.9. The topological polar surface area (TPSA) is 68.0 Å². The van der Waals surface area contributed by atoms with Crippen LogP contribution >= 0.6 is 0 Å². The average molecular weight is 325 g/mol. The van der Waals surface area contributed by atoms with Crippen molar-refractivity contribution in [2.24, 2.45) is 0 Å². The average Bonchev–Trinajstić information content (AvgIpc) is 3.05. The molecule has 0 spiro atoms. The van der Waals surface area contributed by atoms with Crippen molar-refractivity contribution >= 4 is 11.6 Å². The number of aryl methyl sites for hydroxylation is 2. The monoisotopic (exact) mass is 325 g/mol. The Balaban J connectivity index is 1.58. The quantitative estimate of drug-likeness (QED) is 0.775. The zero-order valence-corrected chi connectivity index (χ0v) is 13.1. The fourth-order valence-corrected chi connectivity index (χ4v) is 2.21. The molecular weight excluding hydrogens is 309 g/mol. The van der Waals surface area contributed by atoms with E-state index < -0.39 is 0 Å². The van der Waals surface area contributed by atoms with Crippen molar-refractivity contribution in [2.75, 3.05) is 5.32 Å². The van der Waals surface area contributed by atoms with E-state index in [1.54, 1.807) is 12.1 Å². The van der Waals surface area contributed by atoms with Crippen molar-refractivity contribution in [1.29, 1.82) is 0 Å². The minimum atomic E-state index is -0.327. The van der Waals surface area contributed by atoms with Gasteiger partial charge in [0.15, 0.2) is 0 Å². The molecule has 24 heavy (non-hydrogen) atoms. The Hall–Kier alpha value is -3.02. The summed E-state index contributed by atoms with van der Waals surface area (Å²) in [7, 11) is 0. The molecule has 3 rings (SSSR count). The Labute approximate surface area is 138 Å². The number of nitrogens with zero attached hydrogens (tertiary/aromatic N) is 2. The lowest BCUT2D eigenvalue weighted by Crippen LogP contribution is -2.13. The lowest BCUT2D eigenvalue weighted by atomic mass is 10.2. The van der Waals surface area contributed by atoms with Crippen molar-refractivity contribution < 1.29 is 13.6 Å². The summed E-state index contributed by atoms with van der Waals surface area (Å²) in [6, 6.07) is 13.4. The number of aromatic nitrogens is 2. The van der Waals surface area contributed by atoms with Gasteiger partial charge in [-0.05, 0) is 42.8 Å². The summed E-state index contributed by atoms with van der Waals surface area (Å²) in [5.41, 5.74) is 2.43. The molecule has 1 amide bonds. The number of carbonyl (C=O) groups is 1. The highest BCUT2D eigenvalue weighted by Crippen LogP contribution is 2.19. The van der Waals surface area contributed by atoms with E-state index in [1.165, 1.54) is 12.1 Å². The van der Waals surface area contributed by atoms with Gasteiger partial charge in [0.25, 0.3) is 0 Å². The van der Waals surface area contributed by atoms with Gasteiger partial charge >= 0.3 is 0 Å². The van der Waals surface area contributed by atoms with Crippen molar-refractivity contribution in [1.82, 2.24) is 10.2 Å². The molecule has 0 saturated carbocycles. The van der Waals surface area contributed by atoms with Crippen molar-refractivity contribution in [3.63, 3.8) is 0 Å². The summed E-state index contributed by atoms with van der Waals surface area (Å²) in [5.74, 6) is 0.232. The second-order valence-electron chi connectivity index (χ2n) is 5.37. The van der Waals surface area contributed by atoms with Crippen LogP contribution < -0.4 is 5.32 Å². The summed E-state index contributed by atoms with van der Waals surface area (Å²) in [6.07, 6.45) is 0.575. The number of amides is 1. The molecule has 0 unspecified atom stereocenters. The Bertz CT molecular complexity index is 843. The van der Waals surface area contributed by atoms with E-state index in [0.717, 1.165) is 11.3 Å². The van der Waals surface area contributed by atoms with Crippen LogP contribution in [0.2, 0.25) is 0 Å². The number of anilines is 1. The van der Waals surface area contributed by atoms with Crippen molar-refractivity contribution in [3.8, 4) is 11.5 Å². The number of para-hydroxylation sites is 1. The third-order valence-electron chi connectivity index (χ3n) is 3.54. The maximum Gasteiger partial charge on any atom is 0.247 e. The predicted molar refractivity (Wildman–Crippen MR) is 87.8 cm³/mol. The molecular formula is C18H16FN3O2. The lowest BCUT2D eigenvalue weighted by molar-refractivity contribution is -0.116. The number of hydrogen-bond acceptors (Lipinski definition) is 4. The minimum absolute atomic E-state index is 0.120. The van der Waals surface area contributed by atoms with E-state index in [-0.39, 0.29) is 18.1 Å². The number of carbonyl (C=O) groups excluding carboxylic acids is 1. The minimum Gasteiger partial charge on any atom is -0.421 e. The van der Waals surface area contributed by atoms with Gasteiger partial charge in [-0.2, -0.15) is 0 Å². The van der Waals surface area contributed by atoms with Gasteiger partial charge in [-0.3, -0.25) is 4.79 Å². The summed E-state index contributed by atoms with van der Waals surface area (Å²) in [5, 5.41) is 10.7. The smallest absolute Gasteiger partial charge is 0.247 e. The van der Waals surface area contributed by atoms with Gasteiger partial charge < -0.3 is 9.73 Å². The largest absolute Gasteiger partial charge is 0.421 e. The molecule has 122 valence electrons. The first kappa shape index (κ1) is 15.9. The molecule has 1 aromatic heterocycles. The molecule has 0 radical (unpaired) electrons. The third-order valence-corrected chi connectivity index (χ3v) is 3.54. The molecule has 0 saturated heterocycles. The van der Waals surface area contributed by atoms with Crippen molar-refractivity contribution in [3.05, 3.63) is 65.8 Å². The molecule has 0 bridgehead atoms. The molecule has 0 aliphatic carbocycles. The Morgan fingerprint density at radius 3 is 2.62 bits per heavy atom. The predicted octanol–water partition coefficient (Wildman–Crippen LogP) is 3.76. The maximum absolute atomic E-state index is 12.9. The second kappa shape index (κ2) is 7.04. The molecule has 0 aliphatic rings. The Morgan fingerprint density at radius 1 is 1.12 bits per heavy atom. The first-order valence-electron chi connectivity index (χ1n) is 7.55. The lowest BCUT2D eigenvalue weighted by Gasteiger charge is -2.06. The van der Waals surface area contributed by atoms with Crippen LogP contribution in [0.1, 0.15) is 17.9 Å². The van der Waals surface area contributed by atoms with Crippen LogP contribution in [0.4, 0.5) is 10.1 Å². The highest BCUT2D eigenvalue weighted by molar-refractivity contribution is 5.91. The van der Waals surface area contributed by atoms with E-state index in [0.29, 0.717) is 23.8 Å². The highest BCUT2D eigenvalue weighted by atomic mass is 19.1. The molecule has 6 heteroatoms. The van der Waals surface area contributed by atoms with E-state index in [2.05, 4.69) is 15.5 Å². The molecule has 5 nitrogen and oxygen atoms in total. The summed E-state index contributed by atoms with van der Waals surface area (Å²) in [6.45, 7) is 1.93. The van der Waals surface area contributed by atoms with Gasteiger partial charge in [-0.25, -0.2) is 4.39 Å². The number of hydrogen-bond donors (Lipinski definition) is 1. The summed E-state index contributed by atoms with van der Waals surface area (Å²) >= 11 is 0.